The van der Waals surface area contributed by atoms with Gasteiger partial charge < -0.3 is 29.1 Å². The number of nitrogens with one attached hydrogen (secondary N) is 3. The van der Waals surface area contributed by atoms with Crippen LogP contribution < -0.4 is 24.6 Å². The van der Waals surface area contributed by atoms with E-state index >= 15 is 0 Å². The maximum atomic E-state index is 12.3. The van der Waals surface area contributed by atoms with Crippen molar-refractivity contribution in [2.24, 2.45) is 0 Å². The summed E-state index contributed by atoms with van der Waals surface area (Å²) >= 11 is 0. The molecule has 0 atom stereocenters. The Bertz CT molecular complexity index is 799. The summed E-state index contributed by atoms with van der Waals surface area (Å²) in [6, 6.07) is 7.75. The van der Waals surface area contributed by atoms with Gasteiger partial charge in [0.15, 0.2) is 18.0 Å². The van der Waals surface area contributed by atoms with Gasteiger partial charge in [-0.05, 0) is 24.6 Å². The molecule has 0 bridgehead atoms. The van der Waals surface area contributed by atoms with Crippen molar-refractivity contribution < 1.29 is 28.6 Å². The summed E-state index contributed by atoms with van der Waals surface area (Å²) in [5, 5.41) is 7.07. The molecule has 0 unspecified atom stereocenters. The van der Waals surface area contributed by atoms with Crippen LogP contribution in [-0.2, 0) is 17.9 Å². The Kier molecular flexibility index (Phi) is 5.26. The standard InChI is InChI=1S/C19H24N4O4/c1-14-8-16(21-27-14)11-22-4-6-23(7-5-22)12-19(24)20-10-15-2-3-17-18(9-15)26-13-25-17/h2-3,8-9H,4-7,10-13H2,1H3,(H,20,24)/p+2. The summed E-state index contributed by atoms with van der Waals surface area (Å²) < 4.78 is 15.8. The normalized spacial score (nSPS) is 21.2. The number of ether oxygens (including phenoxy) is 2. The minimum atomic E-state index is 0.0817. The van der Waals surface area contributed by atoms with Gasteiger partial charge in [0.25, 0.3) is 5.91 Å². The SMILES string of the molecule is Cc1cc(C[NH+]2CC[NH+](CC(=O)NCc3ccc4c(c3)OCO4)CC2)no1. The number of hydrogen-bond donors (Lipinski definition) is 3. The van der Waals surface area contributed by atoms with Crippen molar-refractivity contribution in [3.05, 3.63) is 41.3 Å². The molecule has 0 saturated carbocycles. The third-order valence-corrected chi connectivity index (χ3v) is 5.11. The van der Waals surface area contributed by atoms with Crippen molar-refractivity contribution in [1.82, 2.24) is 10.5 Å². The van der Waals surface area contributed by atoms with E-state index in [1.165, 1.54) is 9.80 Å². The van der Waals surface area contributed by atoms with Crippen LogP contribution in [0.5, 0.6) is 11.5 Å². The number of aromatic nitrogens is 1. The van der Waals surface area contributed by atoms with E-state index in [0.717, 1.165) is 61.2 Å². The van der Waals surface area contributed by atoms with Crippen LogP contribution in [0.2, 0.25) is 0 Å². The molecule has 8 heteroatoms. The second-order valence-corrected chi connectivity index (χ2v) is 7.25. The highest BCUT2D eigenvalue weighted by atomic mass is 16.7. The zero-order chi connectivity index (χ0) is 18.6. The average Bonchev–Trinajstić information content (AvgIpc) is 3.30. The van der Waals surface area contributed by atoms with Crippen molar-refractivity contribution >= 4 is 5.91 Å². The molecular weight excluding hydrogens is 348 g/mol. The zero-order valence-electron chi connectivity index (χ0n) is 15.5. The number of rotatable bonds is 6. The van der Waals surface area contributed by atoms with Gasteiger partial charge in [-0.2, -0.15) is 0 Å². The predicted molar refractivity (Wildman–Crippen MR) is 95.6 cm³/mol. The maximum Gasteiger partial charge on any atom is 0.275 e. The summed E-state index contributed by atoms with van der Waals surface area (Å²) in [5.74, 6) is 2.44. The van der Waals surface area contributed by atoms with Crippen molar-refractivity contribution in [3.8, 4) is 11.5 Å². The highest BCUT2D eigenvalue weighted by Gasteiger charge is 2.25. The van der Waals surface area contributed by atoms with Gasteiger partial charge in [0.2, 0.25) is 6.79 Å². The first-order valence-corrected chi connectivity index (χ1v) is 9.40. The summed E-state index contributed by atoms with van der Waals surface area (Å²) in [7, 11) is 0. The number of aryl methyl sites for hydroxylation is 1. The van der Waals surface area contributed by atoms with E-state index in [4.69, 9.17) is 14.0 Å². The Balaban J connectivity index is 1.18. The highest BCUT2D eigenvalue weighted by Crippen LogP contribution is 2.32. The van der Waals surface area contributed by atoms with Crippen molar-refractivity contribution in [1.29, 1.82) is 0 Å². The van der Waals surface area contributed by atoms with E-state index in [-0.39, 0.29) is 12.7 Å². The molecule has 2 aliphatic heterocycles. The fourth-order valence-corrected chi connectivity index (χ4v) is 3.61. The molecule has 3 N–H and O–H groups in total. The number of hydrogen-bond acceptors (Lipinski definition) is 5. The van der Waals surface area contributed by atoms with Gasteiger partial charge in [-0.3, -0.25) is 4.79 Å². The first kappa shape index (κ1) is 17.8. The van der Waals surface area contributed by atoms with E-state index < -0.39 is 0 Å². The molecule has 1 fully saturated rings. The summed E-state index contributed by atoms with van der Waals surface area (Å²) in [5.41, 5.74) is 2.02. The fourth-order valence-electron chi connectivity index (χ4n) is 3.61. The van der Waals surface area contributed by atoms with E-state index in [9.17, 15) is 4.79 Å². The first-order chi connectivity index (χ1) is 13.2. The molecule has 8 nitrogen and oxygen atoms in total. The molecule has 2 aromatic rings. The Hall–Kier alpha value is -2.58. The summed E-state index contributed by atoms with van der Waals surface area (Å²) in [6.07, 6.45) is 0. The van der Waals surface area contributed by atoms with Gasteiger partial charge in [0, 0.05) is 12.6 Å². The first-order valence-electron chi connectivity index (χ1n) is 9.40. The summed E-state index contributed by atoms with van der Waals surface area (Å²) in [6.45, 7) is 8.14. The molecule has 2 aliphatic rings. The summed E-state index contributed by atoms with van der Waals surface area (Å²) in [4.78, 5) is 15.1. The Morgan fingerprint density at radius 3 is 2.67 bits per heavy atom. The second-order valence-electron chi connectivity index (χ2n) is 7.25. The number of amides is 1. The van der Waals surface area contributed by atoms with E-state index in [2.05, 4.69) is 10.5 Å². The van der Waals surface area contributed by atoms with E-state index in [0.29, 0.717) is 13.1 Å². The highest BCUT2D eigenvalue weighted by molar-refractivity contribution is 5.76. The number of benzene rings is 1. The Morgan fingerprint density at radius 1 is 1.11 bits per heavy atom. The van der Waals surface area contributed by atoms with Gasteiger partial charge in [0.05, 0.1) is 0 Å². The van der Waals surface area contributed by atoms with Gasteiger partial charge >= 0.3 is 0 Å². The van der Waals surface area contributed by atoms with Gasteiger partial charge in [-0.1, -0.05) is 11.2 Å². The van der Waals surface area contributed by atoms with Crippen LogP contribution >= 0.6 is 0 Å². The molecule has 1 aromatic carbocycles. The predicted octanol–water partition coefficient (Wildman–Crippen LogP) is -1.69. The molecular formula is C19H26N4O4+2. The third-order valence-electron chi connectivity index (χ3n) is 5.11. The fraction of sp³-hybridized carbons (Fsp3) is 0.474. The van der Waals surface area contributed by atoms with Crippen molar-refractivity contribution in [3.63, 3.8) is 0 Å². The number of quaternary nitrogens is 2. The van der Waals surface area contributed by atoms with Gasteiger partial charge in [-0.25, -0.2) is 0 Å². The van der Waals surface area contributed by atoms with Crippen LogP contribution in [0.15, 0.2) is 28.8 Å². The molecule has 144 valence electrons. The minimum Gasteiger partial charge on any atom is -0.454 e. The topological polar surface area (TPSA) is 82.5 Å². The van der Waals surface area contributed by atoms with Crippen LogP contribution in [-0.4, -0.2) is 50.6 Å². The quantitative estimate of drug-likeness (QED) is 0.562. The van der Waals surface area contributed by atoms with Crippen molar-refractivity contribution in [2.75, 3.05) is 39.5 Å². The zero-order valence-corrected chi connectivity index (χ0v) is 15.5. The lowest BCUT2D eigenvalue weighted by molar-refractivity contribution is -1.02. The third kappa shape index (κ3) is 4.58. The minimum absolute atomic E-state index is 0.0817. The lowest BCUT2D eigenvalue weighted by atomic mass is 10.2. The van der Waals surface area contributed by atoms with Crippen molar-refractivity contribution in [2.45, 2.75) is 20.0 Å². The van der Waals surface area contributed by atoms with Gasteiger partial charge in [-0.15, -0.1) is 0 Å². The molecule has 0 aliphatic carbocycles. The molecule has 1 aromatic heterocycles. The van der Waals surface area contributed by atoms with Crippen LogP contribution in [0.4, 0.5) is 0 Å². The number of fused-ring (bicyclic) bond motifs is 1. The van der Waals surface area contributed by atoms with E-state index in [1.807, 2.05) is 31.2 Å². The maximum absolute atomic E-state index is 12.3. The molecule has 4 rings (SSSR count). The van der Waals surface area contributed by atoms with Gasteiger partial charge in [0.1, 0.15) is 44.2 Å². The molecule has 1 saturated heterocycles. The monoisotopic (exact) mass is 374 g/mol. The van der Waals surface area contributed by atoms with Crippen LogP contribution in [0.25, 0.3) is 0 Å². The van der Waals surface area contributed by atoms with E-state index in [1.54, 1.807) is 0 Å². The smallest absolute Gasteiger partial charge is 0.275 e. The molecule has 0 spiro atoms. The number of nitrogens with zero attached hydrogens (tertiary/aromatic N) is 1. The Morgan fingerprint density at radius 2 is 1.89 bits per heavy atom. The molecule has 0 radical (unpaired) electrons. The molecule has 27 heavy (non-hydrogen) atoms. The lowest BCUT2D eigenvalue weighted by Crippen LogP contribution is -3.28. The van der Waals surface area contributed by atoms with Crippen LogP contribution in [0.3, 0.4) is 0 Å². The number of carbonyl (C=O) groups is 1. The Labute approximate surface area is 158 Å². The number of carbonyl (C=O) groups excluding carboxylic acids is 1. The number of piperazine rings is 1. The lowest BCUT2D eigenvalue weighted by Gasteiger charge is -2.28. The average molecular weight is 374 g/mol. The molecule has 1 amide bonds. The van der Waals surface area contributed by atoms with Crippen LogP contribution in [0, 0.1) is 6.92 Å². The van der Waals surface area contributed by atoms with Crippen LogP contribution in [0.1, 0.15) is 17.0 Å². The second kappa shape index (κ2) is 7.98. The molecule has 3 heterocycles. The largest absolute Gasteiger partial charge is 0.454 e.